The number of aromatic nitrogens is 3. The molecular weight excluding hydrogens is 422 g/mol. The van der Waals surface area contributed by atoms with Crippen LogP contribution in [0.1, 0.15) is 52.5 Å². The van der Waals surface area contributed by atoms with Crippen molar-refractivity contribution in [1.29, 1.82) is 0 Å². The highest BCUT2D eigenvalue weighted by Crippen LogP contribution is 2.32. The van der Waals surface area contributed by atoms with Crippen LogP contribution in [0.25, 0.3) is 11.1 Å². The highest BCUT2D eigenvalue weighted by Gasteiger charge is 2.22. The Balaban J connectivity index is 1.49. The lowest BCUT2D eigenvalue weighted by molar-refractivity contribution is 0.286. The van der Waals surface area contributed by atoms with Crippen LogP contribution in [0, 0.1) is 11.8 Å². The zero-order chi connectivity index (χ0) is 23.1. The van der Waals surface area contributed by atoms with Crippen LogP contribution < -0.4 is 5.32 Å². The van der Waals surface area contributed by atoms with Crippen molar-refractivity contribution in [3.05, 3.63) is 53.8 Å². The van der Waals surface area contributed by atoms with Crippen molar-refractivity contribution in [3.8, 4) is 11.1 Å². The number of anilines is 1. The second-order valence-electron chi connectivity index (χ2n) is 8.71. The van der Waals surface area contributed by atoms with Gasteiger partial charge in [-0.15, -0.1) is 0 Å². The van der Waals surface area contributed by atoms with Crippen molar-refractivity contribution in [1.82, 2.24) is 14.8 Å². The lowest BCUT2D eigenvalue weighted by Gasteiger charge is -2.29. The number of halogens is 1. The fourth-order valence-corrected chi connectivity index (χ4v) is 4.12. The van der Waals surface area contributed by atoms with E-state index in [9.17, 15) is 0 Å². The SMILES string of the molecule is C=C(C=N/C(OC)=C(\C)Cl)C1CCC(CNc2cc(-c3cnn(C(C)C)c3)ccn2)CC1. The van der Waals surface area contributed by atoms with E-state index < -0.39 is 0 Å². The molecule has 2 aromatic rings. The molecule has 0 atom stereocenters. The van der Waals surface area contributed by atoms with E-state index in [1.54, 1.807) is 20.2 Å². The predicted molar refractivity (Wildman–Crippen MR) is 133 cm³/mol. The van der Waals surface area contributed by atoms with Gasteiger partial charge in [0.1, 0.15) is 5.82 Å². The van der Waals surface area contributed by atoms with Crippen LogP contribution in [0.4, 0.5) is 5.82 Å². The van der Waals surface area contributed by atoms with Crippen LogP contribution in [0.2, 0.25) is 0 Å². The molecule has 172 valence electrons. The molecule has 0 aliphatic heterocycles. The lowest BCUT2D eigenvalue weighted by atomic mass is 9.79. The first kappa shape index (κ1) is 24.1. The number of nitrogens with zero attached hydrogens (tertiary/aromatic N) is 4. The molecule has 3 rings (SSSR count). The Hall–Kier alpha value is -2.60. The van der Waals surface area contributed by atoms with Crippen molar-refractivity contribution < 1.29 is 4.74 Å². The van der Waals surface area contributed by atoms with Gasteiger partial charge in [-0.25, -0.2) is 9.98 Å². The van der Waals surface area contributed by atoms with Gasteiger partial charge >= 0.3 is 0 Å². The van der Waals surface area contributed by atoms with Gasteiger partial charge in [0.2, 0.25) is 5.88 Å². The van der Waals surface area contributed by atoms with Gasteiger partial charge < -0.3 is 10.1 Å². The summed E-state index contributed by atoms with van der Waals surface area (Å²) in [7, 11) is 1.57. The maximum atomic E-state index is 5.97. The third kappa shape index (κ3) is 6.45. The molecule has 7 heteroatoms. The quantitative estimate of drug-likeness (QED) is 0.348. The summed E-state index contributed by atoms with van der Waals surface area (Å²) < 4.78 is 7.15. The maximum Gasteiger partial charge on any atom is 0.227 e. The van der Waals surface area contributed by atoms with Gasteiger partial charge in [0.25, 0.3) is 0 Å². The molecule has 0 saturated heterocycles. The Bertz CT molecular complexity index is 966. The normalized spacial score (nSPS) is 19.8. The average Bonchev–Trinajstić information content (AvgIpc) is 3.29. The molecule has 32 heavy (non-hydrogen) atoms. The maximum absolute atomic E-state index is 5.97. The van der Waals surface area contributed by atoms with Crippen LogP contribution in [0.3, 0.4) is 0 Å². The Morgan fingerprint density at radius 3 is 2.72 bits per heavy atom. The number of rotatable bonds is 9. The fraction of sp³-hybridized carbons (Fsp3) is 0.480. The van der Waals surface area contributed by atoms with E-state index in [0.29, 0.717) is 28.8 Å². The molecule has 0 radical (unpaired) electrons. The summed E-state index contributed by atoms with van der Waals surface area (Å²) in [6.07, 6.45) is 12.2. The number of allylic oxidation sites excluding steroid dienone is 2. The predicted octanol–water partition coefficient (Wildman–Crippen LogP) is 6.45. The summed E-state index contributed by atoms with van der Waals surface area (Å²) in [6.45, 7) is 11.2. The number of hydrogen-bond donors (Lipinski definition) is 1. The number of hydrogen-bond acceptors (Lipinski definition) is 5. The molecule has 6 nitrogen and oxygen atoms in total. The van der Waals surface area contributed by atoms with Gasteiger partial charge in [-0.05, 0) is 81.6 Å². The molecule has 2 aromatic heterocycles. The van der Waals surface area contributed by atoms with Crippen LogP contribution in [-0.4, -0.2) is 34.6 Å². The van der Waals surface area contributed by atoms with Crippen LogP contribution >= 0.6 is 11.6 Å². The number of nitrogens with one attached hydrogen (secondary N) is 1. The fourth-order valence-electron chi connectivity index (χ4n) is 3.99. The van der Waals surface area contributed by atoms with Gasteiger partial charge in [0, 0.05) is 36.8 Å². The molecule has 1 N–H and O–H groups in total. The minimum Gasteiger partial charge on any atom is -0.480 e. The highest BCUT2D eigenvalue weighted by molar-refractivity contribution is 6.29. The zero-order valence-electron chi connectivity index (χ0n) is 19.5. The van der Waals surface area contributed by atoms with Gasteiger partial charge in [0.05, 0.1) is 18.3 Å². The summed E-state index contributed by atoms with van der Waals surface area (Å²) in [5, 5.41) is 8.52. The summed E-state index contributed by atoms with van der Waals surface area (Å²) >= 11 is 5.97. The second kappa shape index (κ2) is 11.3. The third-order valence-corrected chi connectivity index (χ3v) is 6.16. The third-order valence-electron chi connectivity index (χ3n) is 6.00. The smallest absolute Gasteiger partial charge is 0.227 e. The van der Waals surface area contributed by atoms with E-state index in [-0.39, 0.29) is 0 Å². The monoisotopic (exact) mass is 455 g/mol. The molecule has 0 amide bonds. The molecule has 0 unspecified atom stereocenters. The van der Waals surface area contributed by atoms with E-state index >= 15 is 0 Å². The van der Waals surface area contributed by atoms with Crippen LogP contribution in [0.15, 0.2) is 58.8 Å². The van der Waals surface area contributed by atoms with Crippen molar-refractivity contribution in [2.45, 2.75) is 52.5 Å². The first-order chi connectivity index (χ1) is 15.4. The van der Waals surface area contributed by atoms with Crippen molar-refractivity contribution in [2.24, 2.45) is 16.8 Å². The van der Waals surface area contributed by atoms with E-state index in [0.717, 1.165) is 54.7 Å². The first-order valence-electron chi connectivity index (χ1n) is 11.2. The molecule has 1 aliphatic rings. The Morgan fingerprint density at radius 1 is 1.34 bits per heavy atom. The Kier molecular flexibility index (Phi) is 8.51. The summed E-state index contributed by atoms with van der Waals surface area (Å²) in [5.41, 5.74) is 3.28. The molecule has 1 fully saturated rings. The summed E-state index contributed by atoms with van der Waals surface area (Å²) in [6, 6.07) is 4.48. The first-order valence-corrected chi connectivity index (χ1v) is 11.6. The number of ether oxygens (including phenoxy) is 1. The van der Waals surface area contributed by atoms with Gasteiger partial charge in [0.15, 0.2) is 0 Å². The van der Waals surface area contributed by atoms with Crippen molar-refractivity contribution in [2.75, 3.05) is 19.0 Å². The van der Waals surface area contributed by atoms with Gasteiger partial charge in [-0.2, -0.15) is 5.10 Å². The van der Waals surface area contributed by atoms with Crippen LogP contribution in [-0.2, 0) is 4.74 Å². The number of methoxy groups -OCH3 is 1. The minimum atomic E-state index is 0.351. The van der Waals surface area contributed by atoms with E-state index in [1.807, 2.05) is 23.1 Å². The molecule has 2 heterocycles. The topological polar surface area (TPSA) is 64.3 Å². The molecular formula is C25H34ClN5O. The zero-order valence-corrected chi connectivity index (χ0v) is 20.3. The van der Waals surface area contributed by atoms with Crippen molar-refractivity contribution in [3.63, 3.8) is 0 Å². The summed E-state index contributed by atoms with van der Waals surface area (Å²) in [5.74, 6) is 2.44. The Labute approximate surface area is 196 Å². The van der Waals surface area contributed by atoms with Gasteiger partial charge in [-0.1, -0.05) is 18.2 Å². The lowest BCUT2D eigenvalue weighted by Crippen LogP contribution is -2.22. The highest BCUT2D eigenvalue weighted by atomic mass is 35.5. The molecule has 0 spiro atoms. The second-order valence-corrected chi connectivity index (χ2v) is 9.27. The largest absolute Gasteiger partial charge is 0.480 e. The number of pyridine rings is 1. The van der Waals surface area contributed by atoms with E-state index in [2.05, 4.69) is 53.1 Å². The minimum absolute atomic E-state index is 0.351. The van der Waals surface area contributed by atoms with Gasteiger partial charge in [-0.3, -0.25) is 4.68 Å². The van der Waals surface area contributed by atoms with E-state index in [4.69, 9.17) is 16.3 Å². The molecule has 1 aliphatic carbocycles. The molecule has 0 aromatic carbocycles. The number of aliphatic imine (C=N–C) groups is 1. The van der Waals surface area contributed by atoms with E-state index in [1.165, 1.54) is 0 Å². The standard InChI is InChI=1S/C25H34ClN5O/c1-17(2)31-16-23(15-30-31)22-10-11-27-24(12-22)28-14-20-6-8-21(9-7-20)18(3)13-29-25(32-5)19(4)26/h10-13,15-17,20-21H,3,6-9,14H2,1-2,4-5H3,(H,27,28)/b25-19-,29-13?. The summed E-state index contributed by atoms with van der Waals surface area (Å²) in [4.78, 5) is 8.83. The molecule has 0 bridgehead atoms. The molecule has 1 saturated carbocycles. The van der Waals surface area contributed by atoms with Crippen LogP contribution in [0.5, 0.6) is 0 Å². The average molecular weight is 456 g/mol. The van der Waals surface area contributed by atoms with Crippen molar-refractivity contribution >= 4 is 23.6 Å². The Morgan fingerprint density at radius 2 is 2.09 bits per heavy atom.